The maximum atomic E-state index is 7.97. The maximum Gasteiger partial charge on any atom is 0.178 e. The Kier molecular flexibility index (Phi) is 7.06. The number of fused-ring (bicyclic) bond motifs is 10. The lowest BCUT2D eigenvalue weighted by Crippen LogP contribution is -2.45. The molecule has 5 aliphatic rings. The van der Waals surface area contributed by atoms with Gasteiger partial charge in [-0.2, -0.15) is 0 Å². The summed E-state index contributed by atoms with van der Waals surface area (Å²) in [6.07, 6.45) is 12.0. The van der Waals surface area contributed by atoms with Crippen molar-refractivity contribution >= 4 is 22.5 Å². The van der Waals surface area contributed by atoms with Gasteiger partial charge in [-0.3, -0.25) is 0 Å². The Hall–Kier alpha value is -4.30. The third-order valence-electron chi connectivity index (χ3n) is 14.7. The number of anilines is 1. The summed E-state index contributed by atoms with van der Waals surface area (Å²) in [6, 6.07) is 34.7. The third kappa shape index (κ3) is 4.77. The van der Waals surface area contributed by atoms with Gasteiger partial charge in [-0.25, -0.2) is 0 Å². The number of nitrogens with zero attached hydrogens (tertiary/aromatic N) is 1. The van der Waals surface area contributed by atoms with Gasteiger partial charge in [0.15, 0.2) is 5.60 Å². The lowest BCUT2D eigenvalue weighted by molar-refractivity contribution is 0.162. The van der Waals surface area contributed by atoms with Crippen molar-refractivity contribution in [3.8, 4) is 16.9 Å². The molecular weight excluding hydrogens is 655 g/mol. The predicted octanol–water partition coefficient (Wildman–Crippen LogP) is 13.3. The standard InChI is InChI=1S/C52H57NO/c1-47(2)24-25-48(3,4)33-51(32-47)40-21-15-14-20-38(40)43-36-18-12-13-19-37(36)46-39(44(43)51)22-23-52(54-46,34-16-10-9-11-17-34)35-30-41-45-42(31-35)50(7,8)27-29-53(45)28-26-49(41,5)6/h9-23,30-31H,24-29,32-33H2,1-8H3. The van der Waals surface area contributed by atoms with Crippen molar-refractivity contribution in [2.75, 3.05) is 18.0 Å². The summed E-state index contributed by atoms with van der Waals surface area (Å²) >= 11 is 0. The van der Waals surface area contributed by atoms with Gasteiger partial charge in [0, 0.05) is 46.3 Å². The first kappa shape index (κ1) is 34.2. The van der Waals surface area contributed by atoms with Gasteiger partial charge in [0.05, 0.1) is 0 Å². The fourth-order valence-electron chi connectivity index (χ4n) is 11.9. The van der Waals surface area contributed by atoms with Crippen LogP contribution in [-0.4, -0.2) is 13.1 Å². The van der Waals surface area contributed by atoms with Crippen LogP contribution < -0.4 is 9.64 Å². The van der Waals surface area contributed by atoms with E-state index >= 15 is 0 Å². The van der Waals surface area contributed by atoms with Crippen molar-refractivity contribution in [2.24, 2.45) is 10.8 Å². The lowest BCUT2D eigenvalue weighted by atomic mass is 9.62. The van der Waals surface area contributed by atoms with Crippen LogP contribution >= 0.6 is 0 Å². The fourth-order valence-corrected chi connectivity index (χ4v) is 11.9. The van der Waals surface area contributed by atoms with Gasteiger partial charge in [-0.15, -0.1) is 0 Å². The lowest BCUT2D eigenvalue weighted by Gasteiger charge is -2.49. The van der Waals surface area contributed by atoms with Gasteiger partial charge in [0.25, 0.3) is 0 Å². The van der Waals surface area contributed by atoms with Gasteiger partial charge in [0.1, 0.15) is 5.75 Å². The molecule has 0 saturated heterocycles. The second-order valence-electron chi connectivity index (χ2n) is 20.6. The summed E-state index contributed by atoms with van der Waals surface area (Å²) < 4.78 is 7.97. The molecule has 54 heavy (non-hydrogen) atoms. The molecule has 2 nitrogen and oxygen atoms in total. The Morgan fingerprint density at radius 2 is 1.15 bits per heavy atom. The number of ether oxygens (including phenoxy) is 1. The summed E-state index contributed by atoms with van der Waals surface area (Å²) in [7, 11) is 0. The Bertz CT molecular complexity index is 2330. The molecule has 3 aliphatic heterocycles. The Morgan fingerprint density at radius 3 is 1.80 bits per heavy atom. The molecule has 2 heteroatoms. The Labute approximate surface area is 323 Å². The molecule has 3 heterocycles. The highest BCUT2D eigenvalue weighted by Gasteiger charge is 2.54. The second kappa shape index (κ2) is 11.1. The van der Waals surface area contributed by atoms with Crippen molar-refractivity contribution in [3.05, 3.63) is 136 Å². The molecule has 0 aromatic heterocycles. The highest BCUT2D eigenvalue weighted by molar-refractivity contribution is 6.08. The molecule has 1 atom stereocenters. The van der Waals surface area contributed by atoms with Gasteiger partial charge in [-0.1, -0.05) is 140 Å². The molecule has 1 spiro atoms. The molecule has 0 amide bonds. The van der Waals surface area contributed by atoms with E-state index in [4.69, 9.17) is 4.74 Å². The van der Waals surface area contributed by atoms with E-state index in [0.717, 1.165) is 44.5 Å². The van der Waals surface area contributed by atoms with E-state index in [1.807, 2.05) is 0 Å². The Morgan fingerprint density at radius 1 is 0.574 bits per heavy atom. The Balaban J connectivity index is 1.29. The van der Waals surface area contributed by atoms with Crippen LogP contribution in [0.25, 0.3) is 28.0 Å². The van der Waals surface area contributed by atoms with Crippen LogP contribution in [0.3, 0.4) is 0 Å². The summed E-state index contributed by atoms with van der Waals surface area (Å²) in [6.45, 7) is 22.2. The quantitative estimate of drug-likeness (QED) is 0.181. The van der Waals surface area contributed by atoms with Gasteiger partial charge in [0.2, 0.25) is 0 Å². The summed E-state index contributed by atoms with van der Waals surface area (Å²) in [4.78, 5) is 2.68. The zero-order valence-corrected chi connectivity index (χ0v) is 33.8. The minimum absolute atomic E-state index is 0.0724. The minimum Gasteiger partial charge on any atom is -0.472 e. The van der Waals surface area contributed by atoms with E-state index < -0.39 is 5.60 Å². The molecule has 1 unspecified atom stereocenters. The first-order valence-corrected chi connectivity index (χ1v) is 20.7. The van der Waals surface area contributed by atoms with Crippen molar-refractivity contribution in [1.82, 2.24) is 0 Å². The molecule has 0 bridgehead atoms. The van der Waals surface area contributed by atoms with Crippen molar-refractivity contribution in [1.29, 1.82) is 0 Å². The molecule has 0 radical (unpaired) electrons. The zero-order chi connectivity index (χ0) is 37.5. The fraction of sp³-hybridized carbons (Fsp3) is 0.423. The average molecular weight is 712 g/mol. The summed E-state index contributed by atoms with van der Waals surface area (Å²) in [5.41, 5.74) is 13.6. The first-order valence-electron chi connectivity index (χ1n) is 20.7. The van der Waals surface area contributed by atoms with Gasteiger partial charge < -0.3 is 9.64 Å². The van der Waals surface area contributed by atoms with E-state index in [2.05, 4.69) is 163 Å². The number of benzene rings is 5. The largest absolute Gasteiger partial charge is 0.472 e. The summed E-state index contributed by atoms with van der Waals surface area (Å²) in [5.74, 6) is 1.04. The molecule has 1 fully saturated rings. The van der Waals surface area contributed by atoms with E-state index in [-0.39, 0.29) is 27.1 Å². The molecule has 276 valence electrons. The molecule has 5 aromatic carbocycles. The number of hydrogen-bond donors (Lipinski definition) is 0. The van der Waals surface area contributed by atoms with Crippen LogP contribution in [0.2, 0.25) is 0 Å². The number of hydrogen-bond acceptors (Lipinski definition) is 2. The monoisotopic (exact) mass is 711 g/mol. The van der Waals surface area contributed by atoms with E-state index in [1.165, 1.54) is 79.4 Å². The zero-order valence-electron chi connectivity index (χ0n) is 33.8. The van der Waals surface area contributed by atoms with Crippen LogP contribution in [0.1, 0.15) is 133 Å². The second-order valence-corrected chi connectivity index (χ2v) is 20.6. The van der Waals surface area contributed by atoms with E-state index in [9.17, 15) is 0 Å². The first-order chi connectivity index (χ1) is 25.6. The minimum atomic E-state index is -0.788. The van der Waals surface area contributed by atoms with E-state index in [1.54, 1.807) is 0 Å². The maximum absolute atomic E-state index is 7.97. The van der Waals surface area contributed by atoms with Gasteiger partial charge >= 0.3 is 0 Å². The van der Waals surface area contributed by atoms with Crippen LogP contribution in [0.5, 0.6) is 5.75 Å². The molecular formula is C52H57NO. The highest BCUT2D eigenvalue weighted by Crippen LogP contribution is 2.65. The molecule has 5 aromatic rings. The normalized spacial score (nSPS) is 24.6. The number of rotatable bonds is 2. The highest BCUT2D eigenvalue weighted by atomic mass is 16.5. The van der Waals surface area contributed by atoms with E-state index in [0.29, 0.717) is 0 Å². The topological polar surface area (TPSA) is 12.5 Å². The molecule has 1 saturated carbocycles. The summed E-state index contributed by atoms with van der Waals surface area (Å²) in [5, 5.41) is 2.52. The molecule has 2 aliphatic carbocycles. The van der Waals surface area contributed by atoms with Crippen LogP contribution in [0.15, 0.2) is 97.1 Å². The van der Waals surface area contributed by atoms with Crippen LogP contribution in [0.4, 0.5) is 5.69 Å². The van der Waals surface area contributed by atoms with Gasteiger partial charge in [-0.05, 0) is 117 Å². The van der Waals surface area contributed by atoms with Crippen molar-refractivity contribution in [3.63, 3.8) is 0 Å². The average Bonchev–Trinajstić information content (AvgIpc) is 3.36. The predicted molar refractivity (Wildman–Crippen MR) is 227 cm³/mol. The van der Waals surface area contributed by atoms with Crippen molar-refractivity contribution in [2.45, 2.75) is 116 Å². The SMILES string of the molecule is CC1(C)CCC(C)(C)CC2(C1)c1ccccc1-c1c2c2c(c3ccccc13)OC(c1ccccc1)(c1cc3c4c(c1)C(C)(C)CCN4CCC3(C)C)C=C2. The smallest absolute Gasteiger partial charge is 0.178 e. The third-order valence-corrected chi connectivity index (χ3v) is 14.7. The molecule has 10 rings (SSSR count). The van der Waals surface area contributed by atoms with Crippen LogP contribution in [0, 0.1) is 10.8 Å². The van der Waals surface area contributed by atoms with Crippen LogP contribution in [-0.2, 0) is 21.8 Å². The molecule has 0 N–H and O–H groups in total. The van der Waals surface area contributed by atoms with Crippen molar-refractivity contribution < 1.29 is 4.74 Å².